The number of allylic oxidation sites excluding steroid dienone is 1. The highest BCUT2D eigenvalue weighted by Crippen LogP contribution is 2.35. The lowest BCUT2D eigenvalue weighted by Gasteiger charge is -2.31. The molecule has 5 heteroatoms. The van der Waals surface area contributed by atoms with Crippen molar-refractivity contribution in [2.24, 2.45) is 9.98 Å². The van der Waals surface area contributed by atoms with Crippen LogP contribution < -0.4 is 4.90 Å². The Kier molecular flexibility index (Phi) is 5.02. The van der Waals surface area contributed by atoms with Crippen LogP contribution in [0.15, 0.2) is 45.4 Å². The second-order valence-electron chi connectivity index (χ2n) is 6.62. The molecule has 0 N–H and O–H groups in total. The Hall–Kier alpha value is -2.43. The van der Waals surface area contributed by atoms with E-state index in [2.05, 4.69) is 42.8 Å². The van der Waals surface area contributed by atoms with Crippen LogP contribution in [0.4, 0.5) is 5.69 Å². The third-order valence-electron chi connectivity index (χ3n) is 4.95. The number of benzene rings is 1. The number of fused-ring (bicyclic) bond motifs is 3. The number of esters is 1. The van der Waals surface area contributed by atoms with Gasteiger partial charge in [0.05, 0.1) is 25.0 Å². The lowest BCUT2D eigenvalue weighted by molar-refractivity contribution is -0.144. The summed E-state index contributed by atoms with van der Waals surface area (Å²) in [5.74, 6) is -0.257. The fourth-order valence-corrected chi connectivity index (χ4v) is 3.34. The summed E-state index contributed by atoms with van der Waals surface area (Å²) < 4.78 is 5.25. The molecule has 0 aliphatic carbocycles. The zero-order valence-electron chi connectivity index (χ0n) is 15.3. The molecule has 0 aromatic heterocycles. The summed E-state index contributed by atoms with van der Waals surface area (Å²) in [6.07, 6.45) is 4.47. The standard InChI is InChI=1S/C20H25N3O2/c1-5-25-20(24)19-18-10-13(2)14(3)11-21-15(4)16-8-6-7-9-17(16)23(18)12-22-19/h6-9,11-12,15,18-19H,5,10H2,1-4H3/b14-13+,21-11?. The minimum atomic E-state index is -0.498. The minimum Gasteiger partial charge on any atom is -0.464 e. The predicted octanol–water partition coefficient (Wildman–Crippen LogP) is 3.71. The van der Waals surface area contributed by atoms with E-state index in [0.717, 1.165) is 23.2 Å². The molecule has 0 bridgehead atoms. The van der Waals surface area contributed by atoms with Gasteiger partial charge in [0.15, 0.2) is 6.04 Å². The molecule has 132 valence electrons. The second kappa shape index (κ2) is 7.21. The molecular formula is C20H25N3O2. The van der Waals surface area contributed by atoms with Crippen molar-refractivity contribution < 1.29 is 9.53 Å². The van der Waals surface area contributed by atoms with Crippen LogP contribution in [-0.4, -0.2) is 37.2 Å². The van der Waals surface area contributed by atoms with Gasteiger partial charge < -0.3 is 9.64 Å². The number of aliphatic imine (C=N–C) groups is 2. The number of nitrogens with zero attached hydrogens (tertiary/aromatic N) is 3. The number of hydrogen-bond acceptors (Lipinski definition) is 5. The number of hydrogen-bond donors (Lipinski definition) is 0. The lowest BCUT2D eigenvalue weighted by Crippen LogP contribution is -2.42. The molecule has 2 aliphatic rings. The monoisotopic (exact) mass is 339 g/mol. The van der Waals surface area contributed by atoms with Crippen LogP contribution in [0.1, 0.15) is 45.7 Å². The van der Waals surface area contributed by atoms with Gasteiger partial charge in [-0.25, -0.2) is 4.79 Å². The molecule has 1 aromatic rings. The molecule has 3 rings (SSSR count). The summed E-state index contributed by atoms with van der Waals surface area (Å²) in [7, 11) is 0. The zero-order valence-corrected chi connectivity index (χ0v) is 15.3. The van der Waals surface area contributed by atoms with E-state index in [0.29, 0.717) is 6.61 Å². The maximum Gasteiger partial charge on any atom is 0.333 e. The van der Waals surface area contributed by atoms with Gasteiger partial charge in [-0.05, 0) is 51.3 Å². The molecule has 3 unspecified atom stereocenters. The molecule has 1 aromatic carbocycles. The summed E-state index contributed by atoms with van der Waals surface area (Å²) >= 11 is 0. The molecule has 0 amide bonds. The van der Waals surface area contributed by atoms with Crippen LogP contribution in [0.3, 0.4) is 0 Å². The van der Waals surface area contributed by atoms with Crippen molar-refractivity contribution in [2.45, 2.75) is 52.2 Å². The van der Waals surface area contributed by atoms with E-state index < -0.39 is 6.04 Å². The first kappa shape index (κ1) is 17.4. The van der Waals surface area contributed by atoms with Crippen LogP contribution in [-0.2, 0) is 9.53 Å². The average molecular weight is 339 g/mol. The molecule has 0 saturated carbocycles. The van der Waals surface area contributed by atoms with Gasteiger partial charge in [0.25, 0.3) is 0 Å². The van der Waals surface area contributed by atoms with Gasteiger partial charge in [-0.3, -0.25) is 9.98 Å². The third kappa shape index (κ3) is 3.36. The van der Waals surface area contributed by atoms with Gasteiger partial charge >= 0.3 is 5.97 Å². The van der Waals surface area contributed by atoms with Crippen molar-refractivity contribution in [3.8, 4) is 0 Å². The Morgan fingerprint density at radius 1 is 1.28 bits per heavy atom. The molecule has 25 heavy (non-hydrogen) atoms. The highest BCUT2D eigenvalue weighted by Gasteiger charge is 2.38. The number of ether oxygens (including phenoxy) is 1. The van der Waals surface area contributed by atoms with Gasteiger partial charge in [-0.15, -0.1) is 0 Å². The highest BCUT2D eigenvalue weighted by atomic mass is 16.5. The first-order valence-electron chi connectivity index (χ1n) is 8.79. The zero-order chi connectivity index (χ0) is 18.0. The van der Waals surface area contributed by atoms with Crippen LogP contribution in [0.25, 0.3) is 0 Å². The minimum absolute atomic E-state index is 0.0349. The van der Waals surface area contributed by atoms with Crippen LogP contribution in [0.5, 0.6) is 0 Å². The van der Waals surface area contributed by atoms with E-state index in [1.165, 1.54) is 5.57 Å². The van der Waals surface area contributed by atoms with E-state index in [-0.39, 0.29) is 18.1 Å². The Balaban J connectivity index is 2.08. The molecule has 2 aliphatic heterocycles. The quantitative estimate of drug-likeness (QED) is 0.772. The fraction of sp³-hybridized carbons (Fsp3) is 0.450. The van der Waals surface area contributed by atoms with E-state index in [4.69, 9.17) is 9.73 Å². The first-order chi connectivity index (χ1) is 12.0. The molecule has 0 fully saturated rings. The van der Waals surface area contributed by atoms with E-state index in [9.17, 15) is 4.79 Å². The van der Waals surface area contributed by atoms with Crippen molar-refractivity contribution in [2.75, 3.05) is 11.5 Å². The number of rotatable bonds is 2. The molecular weight excluding hydrogens is 314 g/mol. The van der Waals surface area contributed by atoms with Crippen molar-refractivity contribution in [1.82, 2.24) is 0 Å². The number of carbonyl (C=O) groups excluding carboxylic acids is 1. The number of anilines is 1. The normalized spacial score (nSPS) is 28.5. The second-order valence-corrected chi connectivity index (χ2v) is 6.62. The summed E-state index contributed by atoms with van der Waals surface area (Å²) in [6.45, 7) is 8.44. The van der Waals surface area contributed by atoms with Crippen LogP contribution in [0.2, 0.25) is 0 Å². The Morgan fingerprint density at radius 3 is 2.80 bits per heavy atom. The maximum absolute atomic E-state index is 12.4. The molecule has 2 heterocycles. The van der Waals surface area contributed by atoms with E-state index in [1.807, 2.05) is 25.3 Å². The first-order valence-corrected chi connectivity index (χ1v) is 8.79. The van der Waals surface area contributed by atoms with Crippen molar-refractivity contribution in [3.05, 3.63) is 41.0 Å². The van der Waals surface area contributed by atoms with Gasteiger partial charge in [0, 0.05) is 11.9 Å². The van der Waals surface area contributed by atoms with Crippen LogP contribution >= 0.6 is 0 Å². The molecule has 5 nitrogen and oxygen atoms in total. The Morgan fingerprint density at radius 2 is 2.04 bits per heavy atom. The van der Waals surface area contributed by atoms with E-state index >= 15 is 0 Å². The smallest absolute Gasteiger partial charge is 0.333 e. The average Bonchev–Trinajstić information content (AvgIpc) is 3.02. The largest absolute Gasteiger partial charge is 0.464 e. The Labute approximate surface area is 149 Å². The lowest BCUT2D eigenvalue weighted by atomic mass is 9.95. The summed E-state index contributed by atoms with van der Waals surface area (Å²) in [5, 5.41) is 0. The van der Waals surface area contributed by atoms with Gasteiger partial charge in [0.1, 0.15) is 0 Å². The third-order valence-corrected chi connectivity index (χ3v) is 4.95. The maximum atomic E-state index is 12.4. The van der Waals surface area contributed by atoms with Crippen molar-refractivity contribution in [1.29, 1.82) is 0 Å². The van der Waals surface area contributed by atoms with Gasteiger partial charge in [0.2, 0.25) is 0 Å². The van der Waals surface area contributed by atoms with Gasteiger partial charge in [-0.2, -0.15) is 0 Å². The van der Waals surface area contributed by atoms with E-state index in [1.54, 1.807) is 6.34 Å². The van der Waals surface area contributed by atoms with Gasteiger partial charge in [-0.1, -0.05) is 23.8 Å². The summed E-state index contributed by atoms with van der Waals surface area (Å²) in [4.78, 5) is 23.7. The molecule has 0 saturated heterocycles. The SMILES string of the molecule is CCOC(=O)C1N=CN2c3ccccc3C(C)N=C/C(C)=C(\C)CC12. The van der Waals surface area contributed by atoms with Crippen molar-refractivity contribution >= 4 is 24.2 Å². The molecule has 3 atom stereocenters. The summed E-state index contributed by atoms with van der Waals surface area (Å²) in [5.41, 5.74) is 4.54. The fourth-order valence-electron chi connectivity index (χ4n) is 3.34. The molecule has 0 radical (unpaired) electrons. The van der Waals surface area contributed by atoms with Crippen LogP contribution in [0, 0.1) is 0 Å². The van der Waals surface area contributed by atoms with Crippen molar-refractivity contribution in [3.63, 3.8) is 0 Å². The number of carbonyl (C=O) groups is 1. The predicted molar refractivity (Wildman–Crippen MR) is 102 cm³/mol. The molecule has 0 spiro atoms. The Bertz CT molecular complexity index is 751. The topological polar surface area (TPSA) is 54.3 Å². The number of para-hydroxylation sites is 1. The highest BCUT2D eigenvalue weighted by molar-refractivity contribution is 5.91. The summed E-state index contributed by atoms with van der Waals surface area (Å²) in [6, 6.07) is 7.66.